The van der Waals surface area contributed by atoms with E-state index in [4.69, 9.17) is 0 Å². The maximum absolute atomic E-state index is 12.7. The highest BCUT2D eigenvalue weighted by Gasteiger charge is 2.15. The molecule has 2 N–H and O–H groups in total. The first-order chi connectivity index (χ1) is 13.1. The number of anilines is 1. The largest absolute Gasteiger partial charge is 0.350 e. The quantitative estimate of drug-likeness (QED) is 0.699. The maximum atomic E-state index is 12.7. The van der Waals surface area contributed by atoms with Crippen LogP contribution in [-0.2, 0) is 0 Å². The zero-order valence-electron chi connectivity index (χ0n) is 15.1. The van der Waals surface area contributed by atoms with Gasteiger partial charge in [-0.1, -0.05) is 25.1 Å². The zero-order valence-corrected chi connectivity index (χ0v) is 15.1. The molecule has 1 unspecified atom stereocenters. The summed E-state index contributed by atoms with van der Waals surface area (Å²) in [6, 6.07) is 13.9. The lowest BCUT2D eigenvalue weighted by molar-refractivity contribution is 0.0940. The second kappa shape index (κ2) is 8.22. The van der Waals surface area contributed by atoms with Crippen molar-refractivity contribution in [3.05, 3.63) is 66.0 Å². The van der Waals surface area contributed by atoms with Crippen molar-refractivity contribution >= 4 is 17.5 Å². The monoisotopic (exact) mass is 364 g/mol. The van der Waals surface area contributed by atoms with E-state index in [0.29, 0.717) is 22.5 Å². The predicted octanol–water partition coefficient (Wildman–Crippen LogP) is 2.44. The van der Waals surface area contributed by atoms with Gasteiger partial charge >= 0.3 is 0 Å². The molecule has 0 bridgehead atoms. The molecule has 27 heavy (non-hydrogen) atoms. The van der Waals surface area contributed by atoms with Crippen molar-refractivity contribution in [1.82, 2.24) is 25.5 Å². The van der Waals surface area contributed by atoms with Crippen LogP contribution in [0.1, 0.15) is 41.0 Å². The summed E-state index contributed by atoms with van der Waals surface area (Å²) in [5, 5.41) is 16.7. The molecule has 0 aliphatic heterocycles. The number of benzene rings is 2. The summed E-state index contributed by atoms with van der Waals surface area (Å²) in [5.41, 5.74) is 1.97. The first-order valence-corrected chi connectivity index (χ1v) is 8.63. The molecule has 8 heteroatoms. The fraction of sp³-hybridized carbons (Fsp3) is 0.211. The van der Waals surface area contributed by atoms with Crippen molar-refractivity contribution < 1.29 is 9.59 Å². The van der Waals surface area contributed by atoms with Gasteiger partial charge in [-0.15, -0.1) is 5.10 Å². The van der Waals surface area contributed by atoms with Crippen LogP contribution >= 0.6 is 0 Å². The highest BCUT2D eigenvalue weighted by Crippen LogP contribution is 2.17. The standard InChI is InChI=1S/C19H20N6O2/c1-3-13(2)21-19(27)16-9-4-5-10-17(16)22-18(26)14-7-6-8-15(11-14)25-12-20-23-24-25/h4-13H,3H2,1-2H3,(H,21,27)(H,22,26). The van der Waals surface area contributed by atoms with Gasteiger partial charge in [-0.2, -0.15) is 0 Å². The van der Waals surface area contributed by atoms with Gasteiger partial charge in [-0.25, -0.2) is 4.68 Å². The Bertz CT molecular complexity index is 939. The molecule has 3 rings (SSSR count). The Morgan fingerprint density at radius 1 is 1.11 bits per heavy atom. The molecule has 0 aliphatic carbocycles. The topological polar surface area (TPSA) is 102 Å². The Hall–Kier alpha value is -3.55. The van der Waals surface area contributed by atoms with Gasteiger partial charge < -0.3 is 10.6 Å². The Balaban J connectivity index is 1.81. The minimum Gasteiger partial charge on any atom is -0.350 e. The fourth-order valence-electron chi connectivity index (χ4n) is 2.46. The van der Waals surface area contributed by atoms with E-state index in [1.54, 1.807) is 48.5 Å². The van der Waals surface area contributed by atoms with Crippen molar-refractivity contribution in [2.45, 2.75) is 26.3 Å². The number of nitrogens with one attached hydrogen (secondary N) is 2. The van der Waals surface area contributed by atoms with Crippen LogP contribution in [-0.4, -0.2) is 38.1 Å². The number of nitrogens with zero attached hydrogens (tertiary/aromatic N) is 4. The van der Waals surface area contributed by atoms with Crippen molar-refractivity contribution in [1.29, 1.82) is 0 Å². The van der Waals surface area contributed by atoms with E-state index < -0.39 is 0 Å². The van der Waals surface area contributed by atoms with Gasteiger partial charge in [0.25, 0.3) is 11.8 Å². The molecule has 0 spiro atoms. The zero-order chi connectivity index (χ0) is 19.2. The third-order valence-electron chi connectivity index (χ3n) is 4.13. The molecule has 0 saturated carbocycles. The first-order valence-electron chi connectivity index (χ1n) is 8.63. The summed E-state index contributed by atoms with van der Waals surface area (Å²) in [4.78, 5) is 25.2. The van der Waals surface area contributed by atoms with Crippen LogP contribution in [0.4, 0.5) is 5.69 Å². The van der Waals surface area contributed by atoms with Crippen molar-refractivity contribution in [3.63, 3.8) is 0 Å². The van der Waals surface area contributed by atoms with Crippen LogP contribution in [0.5, 0.6) is 0 Å². The van der Waals surface area contributed by atoms with Crippen molar-refractivity contribution in [2.75, 3.05) is 5.32 Å². The van der Waals surface area contributed by atoms with Crippen LogP contribution in [0.15, 0.2) is 54.9 Å². The SMILES string of the molecule is CCC(C)NC(=O)c1ccccc1NC(=O)c1cccc(-n2cnnn2)c1. The molecular weight excluding hydrogens is 344 g/mol. The second-order valence-corrected chi connectivity index (χ2v) is 6.09. The van der Waals surface area contributed by atoms with Crippen LogP contribution in [0, 0.1) is 0 Å². The molecule has 0 radical (unpaired) electrons. The van der Waals surface area contributed by atoms with Gasteiger partial charge in [0.2, 0.25) is 0 Å². The lowest BCUT2D eigenvalue weighted by Crippen LogP contribution is -2.32. The number of para-hydroxylation sites is 1. The Labute approximate surface area is 156 Å². The van der Waals surface area contributed by atoms with Gasteiger partial charge in [0, 0.05) is 11.6 Å². The number of carbonyl (C=O) groups is 2. The van der Waals surface area contributed by atoms with Gasteiger partial charge in [0.05, 0.1) is 16.9 Å². The van der Waals surface area contributed by atoms with Gasteiger partial charge in [0.15, 0.2) is 0 Å². The van der Waals surface area contributed by atoms with E-state index in [1.807, 2.05) is 13.8 Å². The number of hydrogen-bond donors (Lipinski definition) is 2. The molecule has 8 nitrogen and oxygen atoms in total. The summed E-state index contributed by atoms with van der Waals surface area (Å²) in [5.74, 6) is -0.545. The predicted molar refractivity (Wildman–Crippen MR) is 101 cm³/mol. The third kappa shape index (κ3) is 4.35. The molecule has 0 saturated heterocycles. The van der Waals surface area contributed by atoms with Crippen LogP contribution < -0.4 is 10.6 Å². The fourth-order valence-corrected chi connectivity index (χ4v) is 2.46. The highest BCUT2D eigenvalue weighted by atomic mass is 16.2. The molecule has 0 fully saturated rings. The molecule has 1 heterocycles. The van der Waals surface area contributed by atoms with Crippen LogP contribution in [0.2, 0.25) is 0 Å². The second-order valence-electron chi connectivity index (χ2n) is 6.09. The Morgan fingerprint density at radius 2 is 1.93 bits per heavy atom. The van der Waals surface area contributed by atoms with Crippen molar-refractivity contribution in [2.24, 2.45) is 0 Å². The molecular formula is C19H20N6O2. The van der Waals surface area contributed by atoms with E-state index in [-0.39, 0.29) is 17.9 Å². The number of carbonyl (C=O) groups excluding carboxylic acids is 2. The number of amides is 2. The molecule has 0 aliphatic rings. The molecule has 1 atom stereocenters. The lowest BCUT2D eigenvalue weighted by Gasteiger charge is -2.15. The number of rotatable bonds is 6. The van der Waals surface area contributed by atoms with Gasteiger partial charge in [-0.05, 0) is 54.1 Å². The highest BCUT2D eigenvalue weighted by molar-refractivity contribution is 6.09. The summed E-state index contributed by atoms with van der Waals surface area (Å²) < 4.78 is 1.46. The first kappa shape index (κ1) is 18.2. The minimum atomic E-state index is -0.325. The van der Waals surface area contributed by atoms with E-state index in [9.17, 15) is 9.59 Å². The molecule has 1 aromatic heterocycles. The number of aromatic nitrogens is 4. The Kier molecular flexibility index (Phi) is 5.55. The average molecular weight is 364 g/mol. The van der Waals surface area contributed by atoms with E-state index in [1.165, 1.54) is 11.0 Å². The Morgan fingerprint density at radius 3 is 2.67 bits per heavy atom. The third-order valence-corrected chi connectivity index (χ3v) is 4.13. The number of tetrazole rings is 1. The van der Waals surface area contributed by atoms with E-state index in [2.05, 4.69) is 26.2 Å². The summed E-state index contributed by atoms with van der Waals surface area (Å²) in [6.45, 7) is 3.93. The van der Waals surface area contributed by atoms with Crippen LogP contribution in [0.3, 0.4) is 0 Å². The normalized spacial score (nSPS) is 11.6. The summed E-state index contributed by atoms with van der Waals surface area (Å²) in [7, 11) is 0. The maximum Gasteiger partial charge on any atom is 0.255 e. The molecule has 3 aromatic rings. The smallest absolute Gasteiger partial charge is 0.255 e. The molecule has 2 amide bonds. The number of hydrogen-bond acceptors (Lipinski definition) is 5. The van der Waals surface area contributed by atoms with Gasteiger partial charge in [-0.3, -0.25) is 9.59 Å². The van der Waals surface area contributed by atoms with E-state index in [0.717, 1.165) is 6.42 Å². The summed E-state index contributed by atoms with van der Waals surface area (Å²) in [6.07, 6.45) is 2.27. The minimum absolute atomic E-state index is 0.0502. The lowest BCUT2D eigenvalue weighted by atomic mass is 10.1. The van der Waals surface area contributed by atoms with E-state index >= 15 is 0 Å². The van der Waals surface area contributed by atoms with Crippen LogP contribution in [0.25, 0.3) is 5.69 Å². The molecule has 2 aromatic carbocycles. The van der Waals surface area contributed by atoms with Gasteiger partial charge in [0.1, 0.15) is 6.33 Å². The summed E-state index contributed by atoms with van der Waals surface area (Å²) >= 11 is 0. The van der Waals surface area contributed by atoms with Crippen molar-refractivity contribution in [3.8, 4) is 5.69 Å². The molecule has 138 valence electrons. The average Bonchev–Trinajstić information content (AvgIpc) is 3.23.